The molecule has 0 aliphatic carbocycles. The lowest BCUT2D eigenvalue weighted by Gasteiger charge is -2.15. The highest BCUT2D eigenvalue weighted by Gasteiger charge is 2.17. The molecule has 0 amide bonds. The molecule has 0 unspecified atom stereocenters. The van der Waals surface area contributed by atoms with E-state index in [1.807, 2.05) is 0 Å². The van der Waals surface area contributed by atoms with Gasteiger partial charge in [0.1, 0.15) is 18.1 Å². The molecule has 2 aromatic carbocycles. The number of esters is 1. The smallest absolute Gasteiger partial charge is 0.306 e. The lowest BCUT2D eigenvalue weighted by Crippen LogP contribution is -2.08. The Morgan fingerprint density at radius 3 is 2.63 bits per heavy atom. The number of ether oxygens (including phenoxy) is 3. The summed E-state index contributed by atoms with van der Waals surface area (Å²) in [6.07, 6.45) is 0.402. The summed E-state index contributed by atoms with van der Waals surface area (Å²) in [5.74, 6) is -1.96. The predicted molar refractivity (Wildman–Crippen MR) is 98.1 cm³/mol. The molecule has 0 aromatic heterocycles. The van der Waals surface area contributed by atoms with E-state index in [0.717, 1.165) is 6.07 Å². The molecular formula is C19H20ClF2NO4. The zero-order valence-corrected chi connectivity index (χ0v) is 15.7. The van der Waals surface area contributed by atoms with Crippen LogP contribution in [0.5, 0.6) is 11.5 Å². The van der Waals surface area contributed by atoms with Crippen molar-refractivity contribution in [3.05, 3.63) is 52.0 Å². The molecule has 0 aliphatic heterocycles. The fourth-order valence-corrected chi connectivity index (χ4v) is 2.65. The molecule has 2 aromatic rings. The summed E-state index contributed by atoms with van der Waals surface area (Å²) in [5.41, 5.74) is 6.60. The molecule has 2 N–H and O–H groups in total. The van der Waals surface area contributed by atoms with E-state index in [1.54, 1.807) is 13.0 Å². The first-order valence-corrected chi connectivity index (χ1v) is 8.62. The number of methoxy groups -OCH3 is 1. The van der Waals surface area contributed by atoms with E-state index in [1.165, 1.54) is 19.2 Å². The maximum atomic E-state index is 14.1. The van der Waals surface area contributed by atoms with Crippen LogP contribution in [0.2, 0.25) is 5.02 Å². The molecule has 0 saturated carbocycles. The molecule has 0 fully saturated rings. The summed E-state index contributed by atoms with van der Waals surface area (Å²) in [6.45, 7) is 1.71. The van der Waals surface area contributed by atoms with Crippen LogP contribution in [0.3, 0.4) is 0 Å². The average molecular weight is 400 g/mol. The molecule has 27 heavy (non-hydrogen) atoms. The number of anilines is 1. The summed E-state index contributed by atoms with van der Waals surface area (Å²) in [5, 5.41) is 0.302. The van der Waals surface area contributed by atoms with Crippen molar-refractivity contribution in [3.8, 4) is 11.5 Å². The SMILES string of the molecule is CCOC(=O)CCc1cc(Cl)c(N)cc1OCc1c(OC)ccc(F)c1F. The summed E-state index contributed by atoms with van der Waals surface area (Å²) in [6, 6.07) is 5.34. The van der Waals surface area contributed by atoms with Gasteiger partial charge in [-0.3, -0.25) is 4.79 Å². The van der Waals surface area contributed by atoms with Crippen LogP contribution in [0.15, 0.2) is 24.3 Å². The van der Waals surface area contributed by atoms with Crippen molar-refractivity contribution in [1.29, 1.82) is 0 Å². The van der Waals surface area contributed by atoms with E-state index in [4.69, 9.17) is 31.5 Å². The topological polar surface area (TPSA) is 70.8 Å². The third-order valence-electron chi connectivity index (χ3n) is 3.83. The van der Waals surface area contributed by atoms with Gasteiger partial charge >= 0.3 is 5.97 Å². The number of hydrogen-bond donors (Lipinski definition) is 1. The van der Waals surface area contributed by atoms with E-state index in [9.17, 15) is 13.6 Å². The number of rotatable bonds is 8. The van der Waals surface area contributed by atoms with Gasteiger partial charge in [0.2, 0.25) is 0 Å². The Kier molecular flexibility index (Phi) is 7.24. The lowest BCUT2D eigenvalue weighted by atomic mass is 10.1. The Morgan fingerprint density at radius 1 is 1.22 bits per heavy atom. The van der Waals surface area contributed by atoms with Crippen LogP contribution in [0.1, 0.15) is 24.5 Å². The predicted octanol–water partition coefficient (Wildman–Crippen LogP) is 4.28. The maximum absolute atomic E-state index is 14.1. The summed E-state index contributed by atoms with van der Waals surface area (Å²) >= 11 is 6.05. The van der Waals surface area contributed by atoms with Crippen molar-refractivity contribution in [3.63, 3.8) is 0 Å². The zero-order chi connectivity index (χ0) is 20.0. The van der Waals surface area contributed by atoms with Crippen LogP contribution in [0.25, 0.3) is 0 Å². The van der Waals surface area contributed by atoms with Crippen molar-refractivity contribution in [1.82, 2.24) is 0 Å². The Labute approximate surface area is 161 Å². The quantitative estimate of drug-likeness (QED) is 0.529. The molecule has 0 aliphatic rings. The minimum atomic E-state index is -1.05. The molecule has 0 heterocycles. The van der Waals surface area contributed by atoms with Gasteiger partial charge < -0.3 is 19.9 Å². The number of benzene rings is 2. The van der Waals surface area contributed by atoms with Crippen molar-refractivity contribution in [2.24, 2.45) is 0 Å². The third-order valence-corrected chi connectivity index (χ3v) is 4.16. The van der Waals surface area contributed by atoms with Gasteiger partial charge in [0.25, 0.3) is 0 Å². The number of carbonyl (C=O) groups excluding carboxylic acids is 1. The number of carbonyl (C=O) groups is 1. The Balaban J connectivity index is 2.24. The second kappa shape index (κ2) is 9.41. The van der Waals surface area contributed by atoms with Gasteiger partial charge in [-0.25, -0.2) is 8.78 Å². The number of nitrogens with two attached hydrogens (primary N) is 1. The van der Waals surface area contributed by atoms with Crippen LogP contribution < -0.4 is 15.2 Å². The Bertz CT molecular complexity index is 830. The van der Waals surface area contributed by atoms with Crippen molar-refractivity contribution < 1.29 is 27.8 Å². The van der Waals surface area contributed by atoms with Crippen LogP contribution in [0.4, 0.5) is 14.5 Å². The minimum Gasteiger partial charge on any atom is -0.496 e. The maximum Gasteiger partial charge on any atom is 0.306 e. The first kappa shape index (κ1) is 20.8. The van der Waals surface area contributed by atoms with Crippen LogP contribution in [-0.4, -0.2) is 19.7 Å². The van der Waals surface area contributed by atoms with E-state index < -0.39 is 11.6 Å². The highest BCUT2D eigenvalue weighted by molar-refractivity contribution is 6.33. The normalized spacial score (nSPS) is 10.6. The molecule has 0 saturated heterocycles. The van der Waals surface area contributed by atoms with Gasteiger partial charge in [0.05, 0.1) is 30.0 Å². The van der Waals surface area contributed by atoms with Crippen LogP contribution in [0, 0.1) is 11.6 Å². The molecule has 0 radical (unpaired) electrons. The number of aryl methyl sites for hydroxylation is 1. The van der Waals surface area contributed by atoms with Crippen molar-refractivity contribution in [2.75, 3.05) is 19.5 Å². The molecule has 0 spiro atoms. The van der Waals surface area contributed by atoms with E-state index >= 15 is 0 Å². The van der Waals surface area contributed by atoms with Crippen molar-refractivity contribution in [2.45, 2.75) is 26.4 Å². The van der Waals surface area contributed by atoms with Gasteiger partial charge in [-0.2, -0.15) is 0 Å². The first-order chi connectivity index (χ1) is 12.9. The standard InChI is InChI=1S/C19H20ClF2NO4/c1-3-26-18(24)7-4-11-8-13(20)15(23)9-17(11)27-10-12-16(25-2)6-5-14(21)19(12)22/h5-6,8-9H,3-4,7,10,23H2,1-2H3. The van der Waals surface area contributed by atoms with Gasteiger partial charge in [0, 0.05) is 12.5 Å². The van der Waals surface area contributed by atoms with Crippen LogP contribution in [-0.2, 0) is 22.6 Å². The number of halogens is 3. The summed E-state index contributed by atoms with van der Waals surface area (Å²) in [7, 11) is 1.35. The van der Waals surface area contributed by atoms with Crippen LogP contribution >= 0.6 is 11.6 Å². The Morgan fingerprint density at radius 2 is 1.96 bits per heavy atom. The third kappa shape index (κ3) is 5.23. The number of hydrogen-bond acceptors (Lipinski definition) is 5. The van der Waals surface area contributed by atoms with Gasteiger partial charge in [0.15, 0.2) is 11.6 Å². The molecule has 8 heteroatoms. The minimum absolute atomic E-state index is 0.0673. The monoisotopic (exact) mass is 399 g/mol. The molecule has 146 valence electrons. The molecule has 0 atom stereocenters. The fourth-order valence-electron chi connectivity index (χ4n) is 2.46. The van der Waals surface area contributed by atoms with Crippen molar-refractivity contribution >= 4 is 23.3 Å². The Hall–Kier alpha value is -2.54. The highest BCUT2D eigenvalue weighted by atomic mass is 35.5. The van der Waals surface area contributed by atoms with Gasteiger partial charge in [-0.15, -0.1) is 0 Å². The van der Waals surface area contributed by atoms with E-state index in [0.29, 0.717) is 16.3 Å². The molecule has 0 bridgehead atoms. The second-order valence-electron chi connectivity index (χ2n) is 5.62. The summed E-state index contributed by atoms with van der Waals surface area (Å²) in [4.78, 5) is 11.6. The van der Waals surface area contributed by atoms with Gasteiger partial charge in [-0.1, -0.05) is 11.6 Å². The summed E-state index contributed by atoms with van der Waals surface area (Å²) < 4.78 is 43.2. The highest BCUT2D eigenvalue weighted by Crippen LogP contribution is 2.32. The molecule has 2 rings (SSSR count). The molecular weight excluding hydrogens is 380 g/mol. The fraction of sp³-hybridized carbons (Fsp3) is 0.316. The molecule has 5 nitrogen and oxygen atoms in total. The second-order valence-corrected chi connectivity index (χ2v) is 6.02. The average Bonchev–Trinajstić information content (AvgIpc) is 2.64. The van der Waals surface area contributed by atoms with Gasteiger partial charge in [-0.05, 0) is 37.1 Å². The first-order valence-electron chi connectivity index (χ1n) is 8.24. The lowest BCUT2D eigenvalue weighted by molar-refractivity contribution is -0.143. The van der Waals surface area contributed by atoms with E-state index in [-0.39, 0.29) is 49.0 Å². The van der Waals surface area contributed by atoms with E-state index in [2.05, 4.69) is 0 Å². The largest absolute Gasteiger partial charge is 0.496 e. The zero-order valence-electron chi connectivity index (χ0n) is 15.0. The number of nitrogen functional groups attached to an aromatic ring is 1.